The Morgan fingerprint density at radius 1 is 1.19 bits per heavy atom. The zero-order valence-corrected chi connectivity index (χ0v) is 17.3. The summed E-state index contributed by atoms with van der Waals surface area (Å²) >= 11 is 7.97. The molecule has 0 spiro atoms. The number of non-ortho nitro benzene ring substituents is 1. The molecule has 1 heterocycles. The van der Waals surface area contributed by atoms with Crippen LogP contribution < -0.4 is 5.32 Å². The van der Waals surface area contributed by atoms with Crippen LogP contribution in [0.25, 0.3) is 10.4 Å². The van der Waals surface area contributed by atoms with E-state index < -0.39 is 4.92 Å². The predicted molar refractivity (Wildman–Crippen MR) is 109 cm³/mol. The monoisotopic (exact) mass is 495 g/mol. The first kappa shape index (κ1) is 18.7. The van der Waals surface area contributed by atoms with E-state index >= 15 is 0 Å². The second-order valence-electron chi connectivity index (χ2n) is 5.27. The fourth-order valence-corrected chi connectivity index (χ4v) is 4.61. The van der Waals surface area contributed by atoms with Crippen LogP contribution in [0.1, 0.15) is 15.5 Å². The lowest BCUT2D eigenvalue weighted by molar-refractivity contribution is -0.385. The highest BCUT2D eigenvalue weighted by Gasteiger charge is 2.21. The highest BCUT2D eigenvalue weighted by atomic mass is 79.9. The summed E-state index contributed by atoms with van der Waals surface area (Å²) in [6, 6.07) is 12.2. The van der Waals surface area contributed by atoms with Gasteiger partial charge in [0.25, 0.3) is 11.6 Å². The molecule has 0 aliphatic carbocycles. The number of halogens is 2. The van der Waals surface area contributed by atoms with Gasteiger partial charge in [-0.25, -0.2) is 4.98 Å². The van der Waals surface area contributed by atoms with Gasteiger partial charge in [0.05, 0.1) is 20.5 Å². The summed E-state index contributed by atoms with van der Waals surface area (Å²) in [5.41, 5.74) is 1.54. The lowest BCUT2D eigenvalue weighted by Gasteiger charge is -2.09. The minimum Gasteiger partial charge on any atom is -0.319 e. The van der Waals surface area contributed by atoms with Crippen LogP contribution in [-0.2, 0) is 0 Å². The molecule has 1 N–H and O–H groups in total. The molecule has 3 rings (SSSR count). The van der Waals surface area contributed by atoms with Gasteiger partial charge in [0, 0.05) is 21.1 Å². The van der Waals surface area contributed by atoms with E-state index in [0.717, 1.165) is 15.4 Å². The molecule has 0 fully saturated rings. The van der Waals surface area contributed by atoms with Crippen molar-refractivity contribution >= 4 is 60.5 Å². The lowest BCUT2D eigenvalue weighted by Crippen LogP contribution is -2.14. The number of anilines is 1. The Morgan fingerprint density at radius 3 is 2.38 bits per heavy atom. The van der Waals surface area contributed by atoms with Gasteiger partial charge < -0.3 is 5.32 Å². The molecule has 0 saturated carbocycles. The molecule has 0 bridgehead atoms. The molecule has 0 aliphatic rings. The molecule has 132 valence electrons. The zero-order chi connectivity index (χ0) is 18.8. The van der Waals surface area contributed by atoms with Crippen molar-refractivity contribution in [2.45, 2.75) is 6.92 Å². The molecule has 0 aliphatic heterocycles. The van der Waals surface area contributed by atoms with Crippen molar-refractivity contribution in [2.24, 2.45) is 0 Å². The van der Waals surface area contributed by atoms with Crippen LogP contribution in [0.3, 0.4) is 0 Å². The Hall–Kier alpha value is -2.10. The Labute approximate surface area is 169 Å². The van der Waals surface area contributed by atoms with Crippen molar-refractivity contribution in [2.75, 3.05) is 5.32 Å². The number of thiazole rings is 1. The molecule has 3 aromatic rings. The molecular weight excluding hydrogens is 486 g/mol. The molecule has 0 atom stereocenters. The number of rotatable bonds is 4. The van der Waals surface area contributed by atoms with E-state index in [4.69, 9.17) is 0 Å². The lowest BCUT2D eigenvalue weighted by atomic mass is 10.1. The fourth-order valence-electron chi connectivity index (χ4n) is 2.32. The first-order chi connectivity index (χ1) is 12.4. The molecule has 2 aromatic carbocycles. The largest absolute Gasteiger partial charge is 0.319 e. The van der Waals surface area contributed by atoms with Crippen molar-refractivity contribution in [1.29, 1.82) is 0 Å². The number of nitro groups is 1. The van der Waals surface area contributed by atoms with Crippen molar-refractivity contribution in [3.63, 3.8) is 0 Å². The van der Waals surface area contributed by atoms with E-state index in [9.17, 15) is 14.9 Å². The maximum absolute atomic E-state index is 12.8. The van der Waals surface area contributed by atoms with Crippen molar-refractivity contribution in [3.05, 3.63) is 72.2 Å². The quantitative estimate of drug-likeness (QED) is 0.365. The Bertz CT molecular complexity index is 983. The smallest absolute Gasteiger partial charge is 0.275 e. The van der Waals surface area contributed by atoms with E-state index in [1.54, 1.807) is 0 Å². The number of amides is 1. The normalized spacial score (nSPS) is 10.6. The van der Waals surface area contributed by atoms with Gasteiger partial charge in [-0.3, -0.25) is 14.9 Å². The number of carbonyl (C=O) groups is 1. The maximum atomic E-state index is 12.8. The molecule has 0 radical (unpaired) electrons. The SMILES string of the molecule is Cc1nc(C(=O)Nc2c(Br)cc([N+](=O)[O-])cc2Br)c(-c2ccccc2)s1. The molecule has 1 aromatic heterocycles. The van der Waals surface area contributed by atoms with Crippen LogP contribution >= 0.6 is 43.2 Å². The third kappa shape index (κ3) is 3.84. The number of nitrogens with one attached hydrogen (secondary N) is 1. The zero-order valence-electron chi connectivity index (χ0n) is 13.3. The highest BCUT2D eigenvalue weighted by Crippen LogP contribution is 2.36. The number of nitrogens with zero attached hydrogens (tertiary/aromatic N) is 2. The Kier molecular flexibility index (Phi) is 5.49. The van der Waals surface area contributed by atoms with Gasteiger partial charge >= 0.3 is 0 Å². The average molecular weight is 497 g/mol. The van der Waals surface area contributed by atoms with Crippen LogP contribution in [0.15, 0.2) is 51.4 Å². The van der Waals surface area contributed by atoms with Crippen molar-refractivity contribution in [3.8, 4) is 10.4 Å². The van der Waals surface area contributed by atoms with E-state index in [0.29, 0.717) is 20.3 Å². The summed E-state index contributed by atoms with van der Waals surface area (Å²) in [6.45, 7) is 1.84. The van der Waals surface area contributed by atoms with Crippen LogP contribution in [0.2, 0.25) is 0 Å². The van der Waals surface area contributed by atoms with Gasteiger partial charge in [-0.1, -0.05) is 30.3 Å². The summed E-state index contributed by atoms with van der Waals surface area (Å²) in [7, 11) is 0. The van der Waals surface area contributed by atoms with E-state index in [-0.39, 0.29) is 11.6 Å². The van der Waals surface area contributed by atoms with Crippen molar-refractivity contribution < 1.29 is 9.72 Å². The fraction of sp³-hybridized carbons (Fsp3) is 0.0588. The van der Waals surface area contributed by atoms with Crippen LogP contribution in [0.5, 0.6) is 0 Å². The average Bonchev–Trinajstić information content (AvgIpc) is 3.00. The number of hydrogen-bond donors (Lipinski definition) is 1. The number of carbonyl (C=O) groups excluding carboxylic acids is 1. The second kappa shape index (κ2) is 7.65. The summed E-state index contributed by atoms with van der Waals surface area (Å²) in [6.07, 6.45) is 0. The van der Waals surface area contributed by atoms with E-state index in [1.165, 1.54) is 23.5 Å². The van der Waals surface area contributed by atoms with Gasteiger partial charge in [-0.2, -0.15) is 0 Å². The number of hydrogen-bond acceptors (Lipinski definition) is 5. The maximum Gasteiger partial charge on any atom is 0.275 e. The molecule has 9 heteroatoms. The summed E-state index contributed by atoms with van der Waals surface area (Å²) in [4.78, 5) is 28.4. The number of aromatic nitrogens is 1. The van der Waals surface area contributed by atoms with E-state index in [1.807, 2.05) is 37.3 Å². The standard InChI is InChI=1S/C17H11Br2N3O3S/c1-9-20-15(16(26-9)10-5-3-2-4-6-10)17(23)21-14-12(18)7-11(22(24)25)8-13(14)19/h2-8H,1H3,(H,21,23). The summed E-state index contributed by atoms with van der Waals surface area (Å²) in [5.74, 6) is -0.386. The molecular formula is C17H11Br2N3O3S. The molecule has 26 heavy (non-hydrogen) atoms. The number of benzene rings is 2. The van der Waals surface area contributed by atoms with E-state index in [2.05, 4.69) is 42.2 Å². The van der Waals surface area contributed by atoms with Gasteiger partial charge in [-0.05, 0) is 44.3 Å². The molecule has 6 nitrogen and oxygen atoms in total. The van der Waals surface area contributed by atoms with Gasteiger partial charge in [0.1, 0.15) is 5.69 Å². The third-order valence-electron chi connectivity index (χ3n) is 3.46. The first-order valence-corrected chi connectivity index (χ1v) is 9.74. The minimum absolute atomic E-state index is 0.0868. The van der Waals surface area contributed by atoms with Crippen LogP contribution in [0, 0.1) is 17.0 Å². The van der Waals surface area contributed by atoms with Crippen molar-refractivity contribution in [1.82, 2.24) is 4.98 Å². The predicted octanol–water partition coefficient (Wildman–Crippen LogP) is 5.80. The number of nitro benzene ring substituents is 1. The molecule has 1 amide bonds. The van der Waals surface area contributed by atoms with Gasteiger partial charge in [-0.15, -0.1) is 11.3 Å². The Morgan fingerprint density at radius 2 is 1.81 bits per heavy atom. The summed E-state index contributed by atoms with van der Waals surface area (Å²) in [5, 5.41) is 14.5. The Balaban J connectivity index is 1.96. The highest BCUT2D eigenvalue weighted by molar-refractivity contribution is 9.11. The number of aryl methyl sites for hydroxylation is 1. The second-order valence-corrected chi connectivity index (χ2v) is 8.18. The van der Waals surface area contributed by atoms with Gasteiger partial charge in [0.15, 0.2) is 0 Å². The first-order valence-electron chi connectivity index (χ1n) is 7.34. The minimum atomic E-state index is -0.502. The van der Waals surface area contributed by atoms with Crippen LogP contribution in [0.4, 0.5) is 11.4 Å². The molecule has 0 unspecified atom stereocenters. The van der Waals surface area contributed by atoms with Crippen LogP contribution in [-0.4, -0.2) is 15.8 Å². The van der Waals surface area contributed by atoms with Gasteiger partial charge in [0.2, 0.25) is 0 Å². The topological polar surface area (TPSA) is 85.1 Å². The third-order valence-corrected chi connectivity index (χ3v) is 5.73. The molecule has 0 saturated heterocycles. The summed E-state index contributed by atoms with van der Waals surface area (Å²) < 4.78 is 0.806.